The van der Waals surface area contributed by atoms with E-state index in [0.717, 1.165) is 12.8 Å². The second kappa shape index (κ2) is 2.25. The van der Waals surface area contributed by atoms with Gasteiger partial charge in [0, 0.05) is 18.9 Å². The molecule has 1 aliphatic carbocycles. The van der Waals surface area contributed by atoms with Crippen LogP contribution >= 0.6 is 0 Å². The summed E-state index contributed by atoms with van der Waals surface area (Å²) >= 11 is 0. The van der Waals surface area contributed by atoms with Gasteiger partial charge in [0.1, 0.15) is 5.72 Å². The van der Waals surface area contributed by atoms with Crippen LogP contribution in [-0.4, -0.2) is 22.5 Å². The second-order valence-corrected chi connectivity index (χ2v) is 2.74. The number of nitrogens with two attached hydrogens (primary N) is 1. The summed E-state index contributed by atoms with van der Waals surface area (Å²) in [5, 5.41) is 17.7. The Morgan fingerprint density at radius 3 is 2.44 bits per heavy atom. The molecule has 0 heterocycles. The normalized spacial score (nSPS) is 25.7. The van der Waals surface area contributed by atoms with Gasteiger partial charge in [-0.1, -0.05) is 0 Å². The van der Waals surface area contributed by atoms with Gasteiger partial charge in [-0.05, 0) is 12.8 Å². The average molecular weight is 131 g/mol. The number of rotatable bonds is 3. The Morgan fingerprint density at radius 2 is 2.11 bits per heavy atom. The van der Waals surface area contributed by atoms with Crippen LogP contribution in [-0.2, 0) is 0 Å². The van der Waals surface area contributed by atoms with Gasteiger partial charge in [-0.15, -0.1) is 0 Å². The smallest absolute Gasteiger partial charge is 0.118 e. The average Bonchev–Trinajstić information content (AvgIpc) is 2.41. The number of hydrogen-bond donors (Lipinski definition) is 3. The highest BCUT2D eigenvalue weighted by molar-refractivity contribution is 4.89. The highest BCUT2D eigenvalue weighted by atomic mass is 16.3. The summed E-state index contributed by atoms with van der Waals surface area (Å²) in [4.78, 5) is 0. The molecule has 3 nitrogen and oxygen atoms in total. The summed E-state index contributed by atoms with van der Waals surface area (Å²) in [6.45, 7) is -0.0243. The van der Waals surface area contributed by atoms with Crippen LogP contribution in [0.25, 0.3) is 0 Å². The van der Waals surface area contributed by atoms with Gasteiger partial charge in [0.05, 0.1) is 0 Å². The highest BCUT2D eigenvalue weighted by Crippen LogP contribution is 2.38. The Labute approximate surface area is 54.5 Å². The van der Waals surface area contributed by atoms with Crippen LogP contribution in [0.2, 0.25) is 0 Å². The van der Waals surface area contributed by atoms with Crippen molar-refractivity contribution in [3.8, 4) is 0 Å². The lowest BCUT2D eigenvalue weighted by Crippen LogP contribution is -2.42. The standard InChI is InChI=1S/C6H13NO2/c7-6(9,3-4-8)5-1-2-5/h5,8-9H,1-4,7H2. The van der Waals surface area contributed by atoms with E-state index >= 15 is 0 Å². The van der Waals surface area contributed by atoms with Crippen molar-refractivity contribution in [1.82, 2.24) is 0 Å². The maximum Gasteiger partial charge on any atom is 0.118 e. The molecule has 1 rings (SSSR count). The molecule has 54 valence electrons. The van der Waals surface area contributed by atoms with Crippen LogP contribution in [0.1, 0.15) is 19.3 Å². The summed E-state index contributed by atoms with van der Waals surface area (Å²) in [6.07, 6.45) is 2.32. The van der Waals surface area contributed by atoms with Crippen molar-refractivity contribution in [3.63, 3.8) is 0 Å². The van der Waals surface area contributed by atoms with Crippen LogP contribution in [0.4, 0.5) is 0 Å². The van der Waals surface area contributed by atoms with E-state index in [2.05, 4.69) is 0 Å². The van der Waals surface area contributed by atoms with Crippen molar-refractivity contribution in [2.24, 2.45) is 11.7 Å². The van der Waals surface area contributed by atoms with Crippen LogP contribution in [0, 0.1) is 5.92 Å². The number of aliphatic hydroxyl groups is 2. The maximum atomic E-state index is 9.27. The first-order valence-electron chi connectivity index (χ1n) is 3.29. The van der Waals surface area contributed by atoms with Crippen LogP contribution in [0.15, 0.2) is 0 Å². The topological polar surface area (TPSA) is 66.5 Å². The largest absolute Gasteiger partial charge is 0.396 e. The Morgan fingerprint density at radius 1 is 1.56 bits per heavy atom. The molecule has 1 aliphatic rings. The van der Waals surface area contributed by atoms with Crippen LogP contribution < -0.4 is 5.73 Å². The molecule has 1 fully saturated rings. The van der Waals surface area contributed by atoms with E-state index in [1.54, 1.807) is 0 Å². The van der Waals surface area contributed by atoms with E-state index < -0.39 is 5.72 Å². The minimum absolute atomic E-state index is 0.0243. The fourth-order valence-corrected chi connectivity index (χ4v) is 0.966. The van der Waals surface area contributed by atoms with Gasteiger partial charge < -0.3 is 15.9 Å². The van der Waals surface area contributed by atoms with E-state index in [9.17, 15) is 5.11 Å². The van der Waals surface area contributed by atoms with Crippen LogP contribution in [0.5, 0.6) is 0 Å². The van der Waals surface area contributed by atoms with Crippen molar-refractivity contribution in [2.75, 3.05) is 6.61 Å². The molecular weight excluding hydrogens is 118 g/mol. The molecule has 1 unspecified atom stereocenters. The molecule has 0 spiro atoms. The van der Waals surface area contributed by atoms with E-state index in [1.807, 2.05) is 0 Å². The van der Waals surface area contributed by atoms with Crippen molar-refractivity contribution >= 4 is 0 Å². The zero-order valence-corrected chi connectivity index (χ0v) is 5.38. The number of hydrogen-bond acceptors (Lipinski definition) is 3. The third-order valence-electron chi connectivity index (χ3n) is 1.80. The third-order valence-corrected chi connectivity index (χ3v) is 1.80. The van der Waals surface area contributed by atoms with E-state index in [4.69, 9.17) is 10.8 Å². The Bertz CT molecular complexity index is 99.2. The first-order valence-corrected chi connectivity index (χ1v) is 3.29. The fourth-order valence-electron chi connectivity index (χ4n) is 0.966. The lowest BCUT2D eigenvalue weighted by Gasteiger charge is -2.20. The third kappa shape index (κ3) is 1.64. The van der Waals surface area contributed by atoms with Gasteiger partial charge in [0.2, 0.25) is 0 Å². The Kier molecular flexibility index (Phi) is 1.75. The first kappa shape index (κ1) is 6.99. The molecule has 0 amide bonds. The molecule has 0 aromatic heterocycles. The quantitative estimate of drug-likeness (QED) is 0.449. The lowest BCUT2D eigenvalue weighted by atomic mass is 10.1. The van der Waals surface area contributed by atoms with Crippen molar-refractivity contribution in [2.45, 2.75) is 25.0 Å². The predicted molar refractivity (Wildman–Crippen MR) is 33.6 cm³/mol. The van der Waals surface area contributed by atoms with E-state index in [0.29, 0.717) is 6.42 Å². The Hall–Kier alpha value is -0.120. The molecule has 0 aromatic carbocycles. The minimum atomic E-state index is -1.09. The van der Waals surface area contributed by atoms with Gasteiger partial charge in [-0.3, -0.25) is 0 Å². The monoisotopic (exact) mass is 131 g/mol. The lowest BCUT2D eigenvalue weighted by molar-refractivity contribution is 0.000965. The summed E-state index contributed by atoms with van der Waals surface area (Å²) in [7, 11) is 0. The summed E-state index contributed by atoms with van der Waals surface area (Å²) in [6, 6.07) is 0. The highest BCUT2D eigenvalue weighted by Gasteiger charge is 2.39. The zero-order chi connectivity index (χ0) is 6.91. The molecule has 0 aromatic rings. The van der Waals surface area contributed by atoms with Crippen molar-refractivity contribution in [3.05, 3.63) is 0 Å². The van der Waals surface area contributed by atoms with Crippen LogP contribution in [0.3, 0.4) is 0 Å². The van der Waals surface area contributed by atoms with Gasteiger partial charge in [-0.2, -0.15) is 0 Å². The van der Waals surface area contributed by atoms with Crippen molar-refractivity contribution in [1.29, 1.82) is 0 Å². The zero-order valence-electron chi connectivity index (χ0n) is 5.38. The molecule has 1 saturated carbocycles. The minimum Gasteiger partial charge on any atom is -0.396 e. The molecule has 0 radical (unpaired) electrons. The summed E-state index contributed by atoms with van der Waals surface area (Å²) in [5.74, 6) is 0.240. The molecule has 3 heteroatoms. The van der Waals surface area contributed by atoms with Gasteiger partial charge in [0.25, 0.3) is 0 Å². The SMILES string of the molecule is NC(O)(CCO)C1CC1. The second-order valence-electron chi connectivity index (χ2n) is 2.74. The number of aliphatic hydroxyl groups excluding tert-OH is 1. The van der Waals surface area contributed by atoms with Gasteiger partial charge in [0.15, 0.2) is 0 Å². The molecule has 9 heavy (non-hydrogen) atoms. The van der Waals surface area contributed by atoms with Gasteiger partial charge in [-0.25, -0.2) is 0 Å². The summed E-state index contributed by atoms with van der Waals surface area (Å²) < 4.78 is 0. The molecule has 1 atom stereocenters. The molecular formula is C6H13NO2. The van der Waals surface area contributed by atoms with Gasteiger partial charge >= 0.3 is 0 Å². The molecule has 0 saturated heterocycles. The first-order chi connectivity index (χ1) is 4.17. The molecule has 4 N–H and O–H groups in total. The molecule has 0 aliphatic heterocycles. The van der Waals surface area contributed by atoms with Crippen molar-refractivity contribution < 1.29 is 10.2 Å². The van der Waals surface area contributed by atoms with E-state index in [-0.39, 0.29) is 12.5 Å². The maximum absolute atomic E-state index is 9.27. The van der Waals surface area contributed by atoms with E-state index in [1.165, 1.54) is 0 Å². The fraction of sp³-hybridized carbons (Fsp3) is 1.00. The Balaban J connectivity index is 2.30. The predicted octanol–water partition coefficient (Wildman–Crippen LogP) is -0.574. The molecule has 0 bridgehead atoms. The summed E-state index contributed by atoms with van der Waals surface area (Å²) in [5.41, 5.74) is 4.34.